The first-order valence-corrected chi connectivity index (χ1v) is 13.5. The molecule has 5 aromatic rings. The monoisotopic (exact) mass is 548 g/mol. The van der Waals surface area contributed by atoms with Crippen LogP contribution in [0.4, 0.5) is 5.69 Å². The molecule has 0 spiro atoms. The first kappa shape index (κ1) is 23.5. The number of hydrogen-bond donors (Lipinski definition) is 1. The van der Waals surface area contributed by atoms with E-state index in [0.717, 1.165) is 54.4 Å². The third-order valence-electron chi connectivity index (χ3n) is 6.31. The van der Waals surface area contributed by atoms with Crippen LogP contribution >= 0.6 is 15.9 Å². The minimum atomic E-state index is -3.82. The molecule has 1 heterocycles. The minimum Gasteiger partial charge on any atom is -0.496 e. The maximum absolute atomic E-state index is 13.4. The molecule has 0 radical (unpaired) electrons. The van der Waals surface area contributed by atoms with Gasteiger partial charge in [0.2, 0.25) is 0 Å². The Morgan fingerprint density at radius 2 is 1.54 bits per heavy atom. The van der Waals surface area contributed by atoms with Crippen molar-refractivity contribution in [2.75, 3.05) is 11.8 Å². The Kier molecular flexibility index (Phi) is 5.85. The van der Waals surface area contributed by atoms with Crippen molar-refractivity contribution in [1.82, 2.24) is 4.57 Å². The van der Waals surface area contributed by atoms with Gasteiger partial charge in [-0.25, -0.2) is 8.42 Å². The summed E-state index contributed by atoms with van der Waals surface area (Å²) in [6, 6.07) is 23.0. The molecule has 0 fully saturated rings. The van der Waals surface area contributed by atoms with Gasteiger partial charge < -0.3 is 9.30 Å². The van der Waals surface area contributed by atoms with Crippen molar-refractivity contribution in [3.05, 3.63) is 94.0 Å². The summed E-state index contributed by atoms with van der Waals surface area (Å²) in [4.78, 5) is 0.213. The highest BCUT2D eigenvalue weighted by Gasteiger charge is 2.24. The van der Waals surface area contributed by atoms with Gasteiger partial charge in [-0.15, -0.1) is 0 Å². The van der Waals surface area contributed by atoms with Gasteiger partial charge in [0.25, 0.3) is 10.0 Å². The highest BCUT2D eigenvalue weighted by molar-refractivity contribution is 9.10. The topological polar surface area (TPSA) is 60.3 Å². The first-order chi connectivity index (χ1) is 16.7. The molecule has 0 aliphatic rings. The number of nitrogens with one attached hydrogen (secondary N) is 1. The Labute approximate surface area is 213 Å². The van der Waals surface area contributed by atoms with Crippen LogP contribution in [0.15, 0.2) is 82.2 Å². The molecular formula is C28H25BrN2O3S. The number of ether oxygens (including phenoxy) is 1. The number of rotatable bonds is 5. The zero-order valence-corrected chi connectivity index (χ0v) is 22.3. The van der Waals surface area contributed by atoms with Crippen LogP contribution in [-0.2, 0) is 10.0 Å². The highest BCUT2D eigenvalue weighted by Crippen LogP contribution is 2.41. The zero-order chi connectivity index (χ0) is 24.9. The van der Waals surface area contributed by atoms with Gasteiger partial charge in [0.1, 0.15) is 5.75 Å². The van der Waals surface area contributed by atoms with Crippen LogP contribution in [0, 0.1) is 20.8 Å². The molecule has 4 aromatic carbocycles. The normalized spacial score (nSPS) is 11.8. The second kappa shape index (κ2) is 8.73. The van der Waals surface area contributed by atoms with Gasteiger partial charge in [0, 0.05) is 20.8 Å². The van der Waals surface area contributed by atoms with E-state index < -0.39 is 10.0 Å². The predicted octanol–water partition coefficient (Wildman–Crippen LogP) is 7.28. The van der Waals surface area contributed by atoms with E-state index in [9.17, 15) is 8.42 Å². The van der Waals surface area contributed by atoms with Gasteiger partial charge in [-0.3, -0.25) is 4.72 Å². The lowest BCUT2D eigenvalue weighted by molar-refractivity contribution is 0.408. The summed E-state index contributed by atoms with van der Waals surface area (Å²) in [6.45, 7) is 5.81. The molecule has 1 aromatic heterocycles. The number of fused-ring (bicyclic) bond motifs is 3. The number of nitrogens with zero attached hydrogens (tertiary/aromatic N) is 1. The summed E-state index contributed by atoms with van der Waals surface area (Å²) in [5.41, 5.74) is 5.85. The summed E-state index contributed by atoms with van der Waals surface area (Å²) in [5, 5.41) is 2.16. The Bertz CT molecular complexity index is 1700. The average Bonchev–Trinajstić information content (AvgIpc) is 3.12. The molecule has 7 heteroatoms. The molecule has 5 nitrogen and oxygen atoms in total. The number of benzene rings is 4. The van der Waals surface area contributed by atoms with Crippen LogP contribution in [-0.4, -0.2) is 20.1 Å². The van der Waals surface area contributed by atoms with Crippen LogP contribution < -0.4 is 9.46 Å². The lowest BCUT2D eigenvalue weighted by atomic mass is 10.1. The van der Waals surface area contributed by atoms with E-state index in [2.05, 4.69) is 43.4 Å². The van der Waals surface area contributed by atoms with Crippen molar-refractivity contribution < 1.29 is 13.2 Å². The second-order valence-electron chi connectivity index (χ2n) is 8.68. The van der Waals surface area contributed by atoms with E-state index in [1.165, 1.54) is 0 Å². The van der Waals surface area contributed by atoms with Gasteiger partial charge in [-0.2, -0.15) is 0 Å². The van der Waals surface area contributed by atoms with Crippen LogP contribution in [0.25, 0.3) is 27.5 Å². The minimum absolute atomic E-state index is 0.213. The van der Waals surface area contributed by atoms with E-state index in [1.807, 2.05) is 51.1 Å². The van der Waals surface area contributed by atoms with Crippen molar-refractivity contribution in [2.45, 2.75) is 25.7 Å². The van der Waals surface area contributed by atoms with Gasteiger partial charge in [0.15, 0.2) is 0 Å². The molecule has 0 saturated heterocycles. The van der Waals surface area contributed by atoms with E-state index in [-0.39, 0.29) is 4.90 Å². The van der Waals surface area contributed by atoms with E-state index in [1.54, 1.807) is 31.4 Å². The molecule has 0 bridgehead atoms. The second-order valence-corrected chi connectivity index (χ2v) is 11.3. The van der Waals surface area contributed by atoms with Gasteiger partial charge in [-0.05, 0) is 62.7 Å². The fraction of sp³-hybridized carbons (Fsp3) is 0.143. The largest absolute Gasteiger partial charge is 0.496 e. The number of para-hydroxylation sites is 1. The summed E-state index contributed by atoms with van der Waals surface area (Å²) in [5.74, 6) is 0.721. The maximum Gasteiger partial charge on any atom is 0.261 e. The predicted molar refractivity (Wildman–Crippen MR) is 146 cm³/mol. The summed E-state index contributed by atoms with van der Waals surface area (Å²) >= 11 is 3.61. The average molecular weight is 549 g/mol. The van der Waals surface area contributed by atoms with Crippen molar-refractivity contribution in [1.29, 1.82) is 0 Å². The summed E-state index contributed by atoms with van der Waals surface area (Å²) in [6.07, 6.45) is 0. The van der Waals surface area contributed by atoms with E-state index in [0.29, 0.717) is 5.69 Å². The molecule has 35 heavy (non-hydrogen) atoms. The first-order valence-electron chi connectivity index (χ1n) is 11.2. The fourth-order valence-electron chi connectivity index (χ4n) is 4.74. The third kappa shape index (κ3) is 3.98. The van der Waals surface area contributed by atoms with Gasteiger partial charge in [0.05, 0.1) is 34.4 Å². The Morgan fingerprint density at radius 1 is 0.857 bits per heavy atom. The lowest BCUT2D eigenvalue weighted by Crippen LogP contribution is -2.16. The van der Waals surface area contributed by atoms with E-state index in [4.69, 9.17) is 4.74 Å². The SMILES string of the molecule is COc1c(C)cc(NS(=O)(=O)c2ccc(C)cc2)c(-n2c3ccccc3c3ccc(Br)cc32)c1C. The number of aromatic nitrogens is 1. The summed E-state index contributed by atoms with van der Waals surface area (Å²) in [7, 11) is -2.19. The summed E-state index contributed by atoms with van der Waals surface area (Å²) < 4.78 is 38.5. The van der Waals surface area contributed by atoms with Gasteiger partial charge in [-0.1, -0.05) is 57.9 Å². The standard InChI is InChI=1S/C28H25BrN2O3S/c1-17-9-12-21(13-10-17)35(32,33)30-24-15-18(2)28(34-4)19(3)27(24)31-25-8-6-5-7-22(25)23-14-11-20(29)16-26(23)31/h5-16,30H,1-4H3. The van der Waals surface area contributed by atoms with E-state index >= 15 is 0 Å². The van der Waals surface area contributed by atoms with Crippen molar-refractivity contribution in [3.63, 3.8) is 0 Å². The molecule has 0 unspecified atom stereocenters. The molecule has 0 aliphatic carbocycles. The number of halogens is 1. The van der Waals surface area contributed by atoms with Crippen molar-refractivity contribution >= 4 is 53.4 Å². The smallest absolute Gasteiger partial charge is 0.261 e. The Morgan fingerprint density at radius 3 is 2.26 bits per heavy atom. The number of aryl methyl sites for hydroxylation is 2. The molecule has 1 N–H and O–H groups in total. The molecule has 5 rings (SSSR count). The third-order valence-corrected chi connectivity index (χ3v) is 8.18. The van der Waals surface area contributed by atoms with Crippen LogP contribution in [0.3, 0.4) is 0 Å². The molecular weight excluding hydrogens is 524 g/mol. The maximum atomic E-state index is 13.4. The van der Waals surface area contributed by atoms with Crippen molar-refractivity contribution in [2.24, 2.45) is 0 Å². The molecule has 0 aliphatic heterocycles. The molecule has 0 amide bonds. The lowest BCUT2D eigenvalue weighted by Gasteiger charge is -2.21. The fourth-order valence-corrected chi connectivity index (χ4v) is 6.15. The molecule has 0 saturated carbocycles. The quantitative estimate of drug-likeness (QED) is 0.251. The molecule has 0 atom stereocenters. The highest BCUT2D eigenvalue weighted by atomic mass is 79.9. The molecule has 178 valence electrons. The number of hydrogen-bond acceptors (Lipinski definition) is 3. The number of anilines is 1. The Hall–Kier alpha value is -3.29. The van der Waals surface area contributed by atoms with Crippen molar-refractivity contribution in [3.8, 4) is 11.4 Å². The van der Waals surface area contributed by atoms with Crippen LogP contribution in [0.1, 0.15) is 16.7 Å². The van der Waals surface area contributed by atoms with Gasteiger partial charge >= 0.3 is 0 Å². The number of methoxy groups -OCH3 is 1. The van der Waals surface area contributed by atoms with Crippen LogP contribution in [0.2, 0.25) is 0 Å². The van der Waals surface area contributed by atoms with Crippen LogP contribution in [0.5, 0.6) is 5.75 Å². The Balaban J connectivity index is 1.84. The number of sulfonamides is 1. The zero-order valence-electron chi connectivity index (χ0n) is 19.9.